The van der Waals surface area contributed by atoms with Gasteiger partial charge in [-0.1, -0.05) is 6.07 Å². The first-order chi connectivity index (χ1) is 9.09. The van der Waals surface area contributed by atoms with Gasteiger partial charge in [-0.3, -0.25) is 14.6 Å². The quantitative estimate of drug-likeness (QED) is 0.869. The summed E-state index contributed by atoms with van der Waals surface area (Å²) < 4.78 is 5.25. The smallest absolute Gasteiger partial charge is 0.305 e. The molecule has 1 atom stereocenters. The van der Waals surface area contributed by atoms with E-state index in [-0.39, 0.29) is 18.9 Å². The van der Waals surface area contributed by atoms with E-state index in [2.05, 4.69) is 4.98 Å². The van der Waals surface area contributed by atoms with Crippen molar-refractivity contribution in [3.05, 3.63) is 29.6 Å². The summed E-state index contributed by atoms with van der Waals surface area (Å²) in [4.78, 5) is 28.9. The van der Waals surface area contributed by atoms with Crippen LogP contribution in [0.3, 0.4) is 0 Å². The van der Waals surface area contributed by atoms with Crippen LogP contribution in [-0.2, 0) is 9.53 Å². The Labute approximate surface area is 111 Å². The maximum Gasteiger partial charge on any atom is 0.305 e. The summed E-state index contributed by atoms with van der Waals surface area (Å²) in [7, 11) is 0. The SMILES string of the molecule is Cc1cccnc1C(=O)N1CCOCC1CC(=O)O. The Morgan fingerprint density at radius 1 is 1.58 bits per heavy atom. The van der Waals surface area contributed by atoms with Crippen molar-refractivity contribution in [2.75, 3.05) is 19.8 Å². The monoisotopic (exact) mass is 264 g/mol. The number of carboxylic acids is 1. The van der Waals surface area contributed by atoms with E-state index in [4.69, 9.17) is 9.84 Å². The highest BCUT2D eigenvalue weighted by atomic mass is 16.5. The van der Waals surface area contributed by atoms with Crippen LogP contribution in [0.25, 0.3) is 0 Å². The van der Waals surface area contributed by atoms with Gasteiger partial charge in [0.15, 0.2) is 0 Å². The molecule has 2 heterocycles. The number of carbonyl (C=O) groups excluding carboxylic acids is 1. The van der Waals surface area contributed by atoms with E-state index in [9.17, 15) is 9.59 Å². The fraction of sp³-hybridized carbons (Fsp3) is 0.462. The summed E-state index contributed by atoms with van der Waals surface area (Å²) in [6.45, 7) is 2.89. The zero-order valence-corrected chi connectivity index (χ0v) is 10.7. The summed E-state index contributed by atoms with van der Waals surface area (Å²) in [5.74, 6) is -1.17. The molecule has 1 aromatic rings. The lowest BCUT2D eigenvalue weighted by molar-refractivity contribution is -0.139. The molecular formula is C13H16N2O4. The van der Waals surface area contributed by atoms with Crippen LogP contribution >= 0.6 is 0 Å². The Balaban J connectivity index is 2.20. The molecule has 0 aromatic carbocycles. The number of aromatic nitrogens is 1. The molecule has 102 valence electrons. The zero-order chi connectivity index (χ0) is 13.8. The number of carbonyl (C=O) groups is 2. The molecule has 0 aliphatic carbocycles. The number of carboxylic acid groups (broad SMARTS) is 1. The highest BCUT2D eigenvalue weighted by molar-refractivity contribution is 5.94. The minimum Gasteiger partial charge on any atom is -0.481 e. The van der Waals surface area contributed by atoms with Gasteiger partial charge in [0, 0.05) is 12.7 Å². The van der Waals surface area contributed by atoms with E-state index in [0.29, 0.717) is 18.8 Å². The van der Waals surface area contributed by atoms with Crippen LogP contribution in [0.4, 0.5) is 0 Å². The molecule has 1 aliphatic rings. The Hall–Kier alpha value is -1.95. The standard InChI is InChI=1S/C13H16N2O4/c1-9-3-2-4-14-12(9)13(18)15-5-6-19-8-10(15)7-11(16)17/h2-4,10H,5-8H2,1H3,(H,16,17). The third-order valence-electron chi connectivity index (χ3n) is 3.11. The number of aliphatic carboxylic acids is 1. The second-order valence-corrected chi connectivity index (χ2v) is 4.49. The molecule has 0 radical (unpaired) electrons. The van der Waals surface area contributed by atoms with Crippen LogP contribution < -0.4 is 0 Å². The molecule has 2 rings (SSSR count). The number of amides is 1. The summed E-state index contributed by atoms with van der Waals surface area (Å²) in [6.07, 6.45) is 1.45. The molecule has 1 aromatic heterocycles. The number of hydrogen-bond acceptors (Lipinski definition) is 4. The van der Waals surface area contributed by atoms with Gasteiger partial charge in [0.25, 0.3) is 5.91 Å². The van der Waals surface area contributed by atoms with Gasteiger partial charge >= 0.3 is 5.97 Å². The van der Waals surface area contributed by atoms with Gasteiger partial charge < -0.3 is 14.7 Å². The Bertz CT molecular complexity index is 489. The van der Waals surface area contributed by atoms with E-state index in [1.807, 2.05) is 13.0 Å². The van der Waals surface area contributed by atoms with Gasteiger partial charge in [-0.15, -0.1) is 0 Å². The van der Waals surface area contributed by atoms with Crippen LogP contribution in [-0.4, -0.2) is 52.7 Å². The zero-order valence-electron chi connectivity index (χ0n) is 10.7. The first-order valence-electron chi connectivity index (χ1n) is 6.11. The number of ether oxygens (including phenoxy) is 1. The maximum atomic E-state index is 12.4. The van der Waals surface area contributed by atoms with Crippen molar-refractivity contribution in [2.24, 2.45) is 0 Å². The maximum absolute atomic E-state index is 12.4. The summed E-state index contributed by atoms with van der Waals surface area (Å²) in [6, 6.07) is 3.15. The van der Waals surface area contributed by atoms with Crippen LogP contribution in [0, 0.1) is 6.92 Å². The van der Waals surface area contributed by atoms with Crippen molar-refractivity contribution in [3.63, 3.8) is 0 Å². The molecule has 1 N–H and O–H groups in total. The molecule has 19 heavy (non-hydrogen) atoms. The third-order valence-corrected chi connectivity index (χ3v) is 3.11. The van der Waals surface area contributed by atoms with Crippen molar-refractivity contribution in [1.29, 1.82) is 0 Å². The molecule has 1 unspecified atom stereocenters. The molecule has 1 fully saturated rings. The molecule has 6 nitrogen and oxygen atoms in total. The molecular weight excluding hydrogens is 248 g/mol. The van der Waals surface area contributed by atoms with Crippen LogP contribution in [0.2, 0.25) is 0 Å². The first-order valence-corrected chi connectivity index (χ1v) is 6.11. The van der Waals surface area contributed by atoms with Crippen LogP contribution in [0.5, 0.6) is 0 Å². The normalized spacial score (nSPS) is 19.2. The van der Waals surface area contributed by atoms with E-state index in [1.165, 1.54) is 0 Å². The van der Waals surface area contributed by atoms with Gasteiger partial charge in [-0.2, -0.15) is 0 Å². The largest absolute Gasteiger partial charge is 0.481 e. The van der Waals surface area contributed by atoms with Crippen molar-refractivity contribution in [2.45, 2.75) is 19.4 Å². The lowest BCUT2D eigenvalue weighted by Gasteiger charge is -2.34. The molecule has 1 amide bonds. The Kier molecular flexibility index (Phi) is 4.11. The molecule has 0 saturated carbocycles. The average molecular weight is 264 g/mol. The predicted molar refractivity (Wildman–Crippen MR) is 66.9 cm³/mol. The Morgan fingerprint density at radius 2 is 2.37 bits per heavy atom. The molecule has 0 bridgehead atoms. The number of nitrogens with zero attached hydrogens (tertiary/aromatic N) is 2. The fourth-order valence-corrected chi connectivity index (χ4v) is 2.14. The third kappa shape index (κ3) is 3.08. The van der Waals surface area contributed by atoms with Gasteiger partial charge in [0.2, 0.25) is 0 Å². The van der Waals surface area contributed by atoms with E-state index >= 15 is 0 Å². The van der Waals surface area contributed by atoms with Crippen molar-refractivity contribution >= 4 is 11.9 Å². The molecule has 1 saturated heterocycles. The first kappa shape index (κ1) is 13.5. The van der Waals surface area contributed by atoms with Crippen LogP contribution in [0.1, 0.15) is 22.5 Å². The minimum absolute atomic E-state index is 0.113. The van der Waals surface area contributed by atoms with E-state index in [0.717, 1.165) is 5.56 Å². The molecule has 6 heteroatoms. The number of morpholine rings is 1. The summed E-state index contributed by atoms with van der Waals surface area (Å²) >= 11 is 0. The predicted octanol–water partition coefficient (Wildman–Crippen LogP) is 0.706. The van der Waals surface area contributed by atoms with Crippen molar-refractivity contribution < 1.29 is 19.4 Å². The Morgan fingerprint density at radius 3 is 3.05 bits per heavy atom. The lowest BCUT2D eigenvalue weighted by Crippen LogP contribution is -2.49. The number of pyridine rings is 1. The second kappa shape index (κ2) is 5.79. The fourth-order valence-electron chi connectivity index (χ4n) is 2.14. The molecule has 1 aliphatic heterocycles. The lowest BCUT2D eigenvalue weighted by atomic mass is 10.1. The van der Waals surface area contributed by atoms with E-state index in [1.54, 1.807) is 17.2 Å². The number of aryl methyl sites for hydroxylation is 1. The van der Waals surface area contributed by atoms with Gasteiger partial charge in [-0.05, 0) is 18.6 Å². The highest BCUT2D eigenvalue weighted by Gasteiger charge is 2.30. The topological polar surface area (TPSA) is 79.7 Å². The van der Waals surface area contributed by atoms with Gasteiger partial charge in [0.05, 0.1) is 25.7 Å². The minimum atomic E-state index is -0.939. The second-order valence-electron chi connectivity index (χ2n) is 4.49. The van der Waals surface area contributed by atoms with Gasteiger partial charge in [-0.25, -0.2) is 0 Å². The highest BCUT2D eigenvalue weighted by Crippen LogP contribution is 2.15. The van der Waals surface area contributed by atoms with Crippen molar-refractivity contribution in [1.82, 2.24) is 9.88 Å². The number of rotatable bonds is 3. The summed E-state index contributed by atoms with van der Waals surface area (Å²) in [5, 5.41) is 8.88. The molecule has 0 spiro atoms. The summed E-state index contributed by atoms with van der Waals surface area (Å²) in [5.41, 5.74) is 1.16. The average Bonchev–Trinajstić information content (AvgIpc) is 2.38. The number of hydrogen-bond donors (Lipinski definition) is 1. The van der Waals surface area contributed by atoms with E-state index < -0.39 is 12.0 Å². The van der Waals surface area contributed by atoms with Crippen LogP contribution in [0.15, 0.2) is 18.3 Å². The van der Waals surface area contributed by atoms with Crippen molar-refractivity contribution in [3.8, 4) is 0 Å². The van der Waals surface area contributed by atoms with Gasteiger partial charge in [0.1, 0.15) is 5.69 Å².